The Kier molecular flexibility index (Phi) is 5.13. The van der Waals surface area contributed by atoms with Crippen molar-refractivity contribution in [2.45, 2.75) is 19.5 Å². The number of likely N-dealkylation sites (tertiary alicyclic amines) is 1. The molecule has 9 heteroatoms. The molecule has 36 heavy (non-hydrogen) atoms. The van der Waals surface area contributed by atoms with Crippen LogP contribution in [0.2, 0.25) is 0 Å². The molecule has 2 amide bonds. The Morgan fingerprint density at radius 3 is 2.19 bits per heavy atom. The molecule has 2 N–H and O–H groups in total. The van der Waals surface area contributed by atoms with Crippen molar-refractivity contribution in [2.24, 2.45) is 0 Å². The van der Waals surface area contributed by atoms with Crippen LogP contribution in [0.5, 0.6) is 0 Å². The fraction of sp³-hybridized carbons (Fsp3) is 0.185. The van der Waals surface area contributed by atoms with Crippen LogP contribution >= 0.6 is 0 Å². The second kappa shape index (κ2) is 8.37. The maximum absolute atomic E-state index is 14.3. The summed E-state index contributed by atoms with van der Waals surface area (Å²) in [6.45, 7) is 2.02. The molecule has 0 aliphatic carbocycles. The average Bonchev–Trinajstić information content (AvgIpc) is 3.27. The number of nitrogen functional groups attached to an aromatic ring is 1. The largest absolute Gasteiger partial charge is 0.368 e. The highest BCUT2D eigenvalue weighted by atomic mass is 19.2. The summed E-state index contributed by atoms with van der Waals surface area (Å²) in [4.78, 5) is 38.3. The molecule has 180 valence electrons. The summed E-state index contributed by atoms with van der Waals surface area (Å²) in [5.41, 5.74) is 9.33. The average molecular weight is 485 g/mol. The molecule has 1 saturated heterocycles. The SMILES string of the molecule is Nc1nc(C(=O)N2Cc3ccccc3C2)c2cc(-c3cc(F)c(F)cc3C(=O)N3CCC3)ccc2n1. The van der Waals surface area contributed by atoms with Crippen LogP contribution in [-0.2, 0) is 13.1 Å². The molecule has 4 aromatic rings. The highest BCUT2D eigenvalue weighted by molar-refractivity contribution is 6.07. The van der Waals surface area contributed by atoms with Crippen LogP contribution in [0.25, 0.3) is 22.0 Å². The van der Waals surface area contributed by atoms with Crippen LogP contribution in [0.4, 0.5) is 14.7 Å². The number of aromatic nitrogens is 2. The Balaban J connectivity index is 1.45. The van der Waals surface area contributed by atoms with Gasteiger partial charge in [0.15, 0.2) is 11.6 Å². The lowest BCUT2D eigenvalue weighted by molar-refractivity contribution is 0.0651. The summed E-state index contributed by atoms with van der Waals surface area (Å²) < 4.78 is 28.5. The minimum atomic E-state index is -1.09. The number of amides is 2. The molecule has 6 rings (SSSR count). The summed E-state index contributed by atoms with van der Waals surface area (Å²) in [6, 6.07) is 14.7. The molecule has 7 nitrogen and oxygen atoms in total. The molecular formula is C27H21F2N5O2. The van der Waals surface area contributed by atoms with E-state index in [2.05, 4.69) is 9.97 Å². The molecule has 0 atom stereocenters. The van der Waals surface area contributed by atoms with Crippen LogP contribution in [0.15, 0.2) is 54.6 Å². The van der Waals surface area contributed by atoms with Gasteiger partial charge >= 0.3 is 0 Å². The predicted molar refractivity (Wildman–Crippen MR) is 130 cm³/mol. The zero-order valence-corrected chi connectivity index (χ0v) is 19.2. The van der Waals surface area contributed by atoms with Crippen molar-refractivity contribution >= 4 is 28.7 Å². The quantitative estimate of drug-likeness (QED) is 0.471. The molecule has 3 aromatic carbocycles. The first-order valence-corrected chi connectivity index (χ1v) is 11.6. The van der Waals surface area contributed by atoms with Gasteiger partial charge < -0.3 is 15.5 Å². The van der Waals surface area contributed by atoms with E-state index < -0.39 is 11.6 Å². The first-order valence-electron chi connectivity index (χ1n) is 11.6. The van der Waals surface area contributed by atoms with E-state index in [4.69, 9.17) is 5.73 Å². The van der Waals surface area contributed by atoms with Crippen LogP contribution in [-0.4, -0.2) is 44.7 Å². The summed E-state index contributed by atoms with van der Waals surface area (Å²) in [5.74, 6) is -2.88. The first kappa shape index (κ1) is 22.1. The zero-order valence-electron chi connectivity index (χ0n) is 19.2. The number of carbonyl (C=O) groups excluding carboxylic acids is 2. The van der Waals surface area contributed by atoms with Crippen molar-refractivity contribution in [2.75, 3.05) is 18.8 Å². The highest BCUT2D eigenvalue weighted by Gasteiger charge is 2.28. The van der Waals surface area contributed by atoms with Crippen molar-refractivity contribution in [3.63, 3.8) is 0 Å². The number of anilines is 1. The van der Waals surface area contributed by atoms with Crippen molar-refractivity contribution in [3.8, 4) is 11.1 Å². The van der Waals surface area contributed by atoms with E-state index in [0.29, 0.717) is 42.6 Å². The summed E-state index contributed by atoms with van der Waals surface area (Å²) in [7, 11) is 0. The van der Waals surface area contributed by atoms with Crippen molar-refractivity contribution < 1.29 is 18.4 Å². The fourth-order valence-corrected chi connectivity index (χ4v) is 4.76. The third-order valence-corrected chi connectivity index (χ3v) is 6.79. The third kappa shape index (κ3) is 3.64. The van der Waals surface area contributed by atoms with Crippen LogP contribution in [0.1, 0.15) is 38.4 Å². The van der Waals surface area contributed by atoms with Crippen LogP contribution < -0.4 is 5.73 Å². The molecule has 2 aliphatic heterocycles. The fourth-order valence-electron chi connectivity index (χ4n) is 4.76. The molecule has 0 spiro atoms. The van der Waals surface area contributed by atoms with E-state index in [-0.39, 0.29) is 34.6 Å². The normalized spacial score (nSPS) is 14.6. The summed E-state index contributed by atoms with van der Waals surface area (Å²) >= 11 is 0. The summed E-state index contributed by atoms with van der Waals surface area (Å²) in [5, 5.41) is 0.412. The Hall–Kier alpha value is -4.40. The lowest BCUT2D eigenvalue weighted by atomic mass is 9.95. The second-order valence-corrected chi connectivity index (χ2v) is 9.05. The number of nitrogens with two attached hydrogens (primary N) is 1. The van der Waals surface area contributed by atoms with E-state index in [9.17, 15) is 18.4 Å². The van der Waals surface area contributed by atoms with Crippen molar-refractivity contribution in [1.82, 2.24) is 19.8 Å². The van der Waals surface area contributed by atoms with Gasteiger partial charge in [-0.05, 0) is 52.9 Å². The van der Waals surface area contributed by atoms with E-state index >= 15 is 0 Å². The molecule has 2 aliphatic rings. The second-order valence-electron chi connectivity index (χ2n) is 9.05. The molecule has 1 fully saturated rings. The Bertz CT molecular complexity index is 1540. The van der Waals surface area contributed by atoms with Crippen molar-refractivity contribution in [1.29, 1.82) is 0 Å². The molecule has 1 aromatic heterocycles. The van der Waals surface area contributed by atoms with Gasteiger partial charge in [0.05, 0.1) is 11.1 Å². The molecule has 0 radical (unpaired) electrons. The van der Waals surface area contributed by atoms with Gasteiger partial charge in [0, 0.05) is 31.6 Å². The molecule has 0 saturated carbocycles. The van der Waals surface area contributed by atoms with Gasteiger partial charge in [0.1, 0.15) is 5.69 Å². The maximum atomic E-state index is 14.3. The lowest BCUT2D eigenvalue weighted by Crippen LogP contribution is -2.42. The highest BCUT2D eigenvalue weighted by Crippen LogP contribution is 2.32. The lowest BCUT2D eigenvalue weighted by Gasteiger charge is -2.31. The minimum absolute atomic E-state index is 0.0446. The van der Waals surface area contributed by atoms with Gasteiger partial charge in [0.25, 0.3) is 11.8 Å². The van der Waals surface area contributed by atoms with Gasteiger partial charge in [-0.1, -0.05) is 30.3 Å². The van der Waals surface area contributed by atoms with Crippen molar-refractivity contribution in [3.05, 3.63) is 88.6 Å². The molecular weight excluding hydrogens is 464 g/mol. The van der Waals surface area contributed by atoms with Gasteiger partial charge in [0.2, 0.25) is 5.95 Å². The van der Waals surface area contributed by atoms with Gasteiger partial charge in [-0.15, -0.1) is 0 Å². The van der Waals surface area contributed by atoms with E-state index in [1.165, 1.54) is 0 Å². The minimum Gasteiger partial charge on any atom is -0.368 e. The smallest absolute Gasteiger partial charge is 0.273 e. The van der Waals surface area contributed by atoms with Gasteiger partial charge in [-0.3, -0.25) is 9.59 Å². The summed E-state index contributed by atoms with van der Waals surface area (Å²) in [6.07, 6.45) is 0.866. The number of hydrogen-bond donors (Lipinski definition) is 1. The zero-order chi connectivity index (χ0) is 25.0. The van der Waals surface area contributed by atoms with Gasteiger partial charge in [-0.2, -0.15) is 0 Å². The standard InChI is InChI=1S/C27H21F2N5O2/c28-21-11-18(19(12-22(21)29)25(35)33-8-3-9-33)15-6-7-23-20(10-15)24(32-27(30)31-23)26(36)34-13-16-4-1-2-5-17(16)14-34/h1-2,4-7,10-12H,3,8-9,13-14H2,(H2,30,31,32). The van der Waals surface area contributed by atoms with Gasteiger partial charge in [-0.25, -0.2) is 18.7 Å². The number of rotatable bonds is 3. The van der Waals surface area contributed by atoms with E-state index in [0.717, 1.165) is 29.7 Å². The topological polar surface area (TPSA) is 92.4 Å². The number of halogens is 2. The van der Waals surface area contributed by atoms with Crippen LogP contribution in [0, 0.1) is 11.6 Å². The third-order valence-electron chi connectivity index (χ3n) is 6.79. The number of fused-ring (bicyclic) bond motifs is 2. The number of hydrogen-bond acceptors (Lipinski definition) is 5. The molecule has 0 bridgehead atoms. The Morgan fingerprint density at radius 2 is 1.53 bits per heavy atom. The molecule has 3 heterocycles. The Morgan fingerprint density at radius 1 is 0.833 bits per heavy atom. The van der Waals surface area contributed by atoms with E-state index in [1.807, 2.05) is 24.3 Å². The maximum Gasteiger partial charge on any atom is 0.273 e. The first-order chi connectivity index (χ1) is 17.4. The number of benzene rings is 3. The number of carbonyl (C=O) groups is 2. The van der Waals surface area contributed by atoms with E-state index in [1.54, 1.807) is 28.0 Å². The number of nitrogens with zero attached hydrogens (tertiary/aromatic N) is 4. The predicted octanol–water partition coefficient (Wildman–Crippen LogP) is 4.16. The van der Waals surface area contributed by atoms with Crippen LogP contribution in [0.3, 0.4) is 0 Å². The monoisotopic (exact) mass is 485 g/mol. The molecule has 0 unspecified atom stereocenters. The Labute approximate surface area is 205 Å².